The van der Waals surface area contributed by atoms with Gasteiger partial charge >= 0.3 is 6.09 Å². The smallest absolute Gasteiger partial charge is 0.407 e. The highest BCUT2D eigenvalue weighted by Gasteiger charge is 2.29. The van der Waals surface area contributed by atoms with Crippen molar-refractivity contribution < 1.29 is 17.9 Å². The normalized spacial score (nSPS) is 17.9. The fourth-order valence-corrected chi connectivity index (χ4v) is 6.26. The number of benzene rings is 1. The Morgan fingerprint density at radius 1 is 1.22 bits per heavy atom. The number of carbonyl (C=O) groups is 1. The molecule has 1 amide bonds. The number of nitrogens with zero attached hydrogens (tertiary/aromatic N) is 4. The van der Waals surface area contributed by atoms with Gasteiger partial charge in [0, 0.05) is 25.3 Å². The van der Waals surface area contributed by atoms with E-state index in [0.29, 0.717) is 17.8 Å². The first-order chi connectivity index (χ1) is 17.0. The van der Waals surface area contributed by atoms with Gasteiger partial charge in [-0.25, -0.2) is 31.5 Å². The summed E-state index contributed by atoms with van der Waals surface area (Å²) < 4.78 is 35.0. The summed E-state index contributed by atoms with van der Waals surface area (Å²) in [5.41, 5.74) is 1.90. The van der Waals surface area contributed by atoms with Gasteiger partial charge in [0.2, 0.25) is 0 Å². The zero-order chi connectivity index (χ0) is 26.1. The molecule has 0 bridgehead atoms. The number of aromatic nitrogens is 3. The van der Waals surface area contributed by atoms with Crippen LogP contribution in [0.25, 0.3) is 11.2 Å². The highest BCUT2D eigenvalue weighted by molar-refractivity contribution is 7.97. The van der Waals surface area contributed by atoms with Crippen LogP contribution in [0.1, 0.15) is 43.8 Å². The first-order valence-electron chi connectivity index (χ1n) is 11.7. The van der Waals surface area contributed by atoms with Gasteiger partial charge in [-0.1, -0.05) is 29.6 Å². The largest absolute Gasteiger partial charge is 0.444 e. The Morgan fingerprint density at radius 3 is 2.61 bits per heavy atom. The quantitative estimate of drug-likeness (QED) is 0.348. The van der Waals surface area contributed by atoms with Gasteiger partial charge in [-0.15, -0.1) is 0 Å². The van der Waals surface area contributed by atoms with Crippen molar-refractivity contribution in [3.05, 3.63) is 54.0 Å². The van der Waals surface area contributed by atoms with Crippen molar-refractivity contribution in [2.24, 2.45) is 0 Å². The number of hydrogen-bond donors (Lipinski definition) is 2. The average Bonchev–Trinajstić information content (AvgIpc) is 3.43. The minimum Gasteiger partial charge on any atom is -0.444 e. The fraction of sp³-hybridized carbons (Fsp3) is 0.458. The number of amides is 1. The topological polar surface area (TPSA) is 118 Å². The van der Waals surface area contributed by atoms with Crippen LogP contribution in [-0.4, -0.2) is 64.5 Å². The summed E-state index contributed by atoms with van der Waals surface area (Å²) in [6, 6.07) is 8.37. The molecule has 0 saturated carbocycles. The summed E-state index contributed by atoms with van der Waals surface area (Å²) in [6.07, 6.45) is 3.49. The van der Waals surface area contributed by atoms with E-state index in [0.717, 1.165) is 18.5 Å². The molecule has 1 fully saturated rings. The maximum atomic E-state index is 13.1. The van der Waals surface area contributed by atoms with Crippen LogP contribution in [0.2, 0.25) is 0 Å². The molecule has 4 rings (SSSR count). The number of aryl methyl sites for hydroxylation is 1. The maximum absolute atomic E-state index is 13.1. The van der Waals surface area contributed by atoms with Crippen molar-refractivity contribution in [3.63, 3.8) is 0 Å². The molecular weight excluding hydrogens is 500 g/mol. The van der Waals surface area contributed by atoms with Crippen LogP contribution in [0.5, 0.6) is 0 Å². The molecule has 12 heteroatoms. The Balaban J connectivity index is 1.45. The number of nitrogens with one attached hydrogen (secondary N) is 2. The van der Waals surface area contributed by atoms with Gasteiger partial charge in [0.25, 0.3) is 10.0 Å². The van der Waals surface area contributed by atoms with E-state index in [-0.39, 0.29) is 22.0 Å². The predicted molar refractivity (Wildman–Crippen MR) is 140 cm³/mol. The van der Waals surface area contributed by atoms with Crippen LogP contribution in [0.15, 0.2) is 47.6 Å². The summed E-state index contributed by atoms with van der Waals surface area (Å²) in [6.45, 7) is 8.89. The minimum absolute atomic E-state index is 0.000525. The molecule has 194 valence electrons. The molecule has 0 radical (unpaired) electrons. The van der Waals surface area contributed by atoms with E-state index >= 15 is 0 Å². The molecular formula is C24H32N6O4S2. The third-order valence-electron chi connectivity index (χ3n) is 5.61. The standard InChI is InChI=1S/C24H32N6O4S2/c1-16-6-8-18(9-7-16)36(32,33)30-13-11-19-21(30)26-14-20(28-19)22(25-5)35-29-12-10-17(15-29)27-23(31)34-24(2,3)4/h6-9,11,13-14,17,22,25H,10,12,15H2,1-5H3,(H,27,31). The molecule has 0 spiro atoms. The van der Waals surface area contributed by atoms with E-state index in [2.05, 4.69) is 19.9 Å². The lowest BCUT2D eigenvalue weighted by atomic mass is 10.2. The maximum Gasteiger partial charge on any atom is 0.407 e. The lowest BCUT2D eigenvalue weighted by Crippen LogP contribution is -2.40. The summed E-state index contributed by atoms with van der Waals surface area (Å²) in [7, 11) is -1.95. The van der Waals surface area contributed by atoms with E-state index in [1.807, 2.05) is 34.7 Å². The zero-order valence-electron chi connectivity index (χ0n) is 21.1. The second-order valence-corrected chi connectivity index (χ2v) is 12.7. The molecule has 0 aliphatic carbocycles. The second-order valence-electron chi connectivity index (χ2n) is 9.73. The van der Waals surface area contributed by atoms with Gasteiger partial charge in [0.1, 0.15) is 16.5 Å². The summed E-state index contributed by atoms with van der Waals surface area (Å²) in [5, 5.41) is 5.98. The molecule has 1 aromatic carbocycles. The summed E-state index contributed by atoms with van der Waals surface area (Å²) in [4.78, 5) is 21.4. The lowest BCUT2D eigenvalue weighted by molar-refractivity contribution is 0.0507. The van der Waals surface area contributed by atoms with Crippen molar-refractivity contribution in [2.75, 3.05) is 20.1 Å². The second kappa shape index (κ2) is 10.4. The van der Waals surface area contributed by atoms with Gasteiger partial charge in [0.15, 0.2) is 5.65 Å². The highest BCUT2D eigenvalue weighted by atomic mass is 32.2. The molecule has 10 nitrogen and oxygen atoms in total. The van der Waals surface area contributed by atoms with E-state index < -0.39 is 21.7 Å². The third-order valence-corrected chi connectivity index (χ3v) is 8.61. The molecule has 2 aromatic heterocycles. The summed E-state index contributed by atoms with van der Waals surface area (Å²) >= 11 is 1.57. The number of carbonyl (C=O) groups excluding carboxylic acids is 1. The Morgan fingerprint density at radius 2 is 1.94 bits per heavy atom. The first-order valence-corrected chi connectivity index (χ1v) is 14.0. The number of ether oxygens (including phenoxy) is 1. The monoisotopic (exact) mass is 532 g/mol. The molecule has 2 unspecified atom stereocenters. The van der Waals surface area contributed by atoms with E-state index in [9.17, 15) is 13.2 Å². The number of hydrogen-bond acceptors (Lipinski definition) is 9. The van der Waals surface area contributed by atoms with Crippen LogP contribution in [0.4, 0.5) is 4.79 Å². The third kappa shape index (κ3) is 6.00. The van der Waals surface area contributed by atoms with Crippen molar-refractivity contribution in [3.8, 4) is 0 Å². The molecule has 1 saturated heterocycles. The Hall–Kier alpha value is -2.67. The molecule has 1 aliphatic heterocycles. The lowest BCUT2D eigenvalue weighted by Gasteiger charge is -2.23. The van der Waals surface area contributed by atoms with Crippen molar-refractivity contribution in [1.82, 2.24) is 28.9 Å². The molecule has 3 heterocycles. The highest BCUT2D eigenvalue weighted by Crippen LogP contribution is 2.32. The van der Waals surface area contributed by atoms with E-state index in [1.165, 1.54) is 10.2 Å². The van der Waals surface area contributed by atoms with Crippen molar-refractivity contribution in [1.29, 1.82) is 0 Å². The Bertz CT molecular complexity index is 1330. The molecule has 36 heavy (non-hydrogen) atoms. The van der Waals surface area contributed by atoms with Crippen LogP contribution in [-0.2, 0) is 14.8 Å². The number of rotatable bonds is 7. The zero-order valence-corrected chi connectivity index (χ0v) is 22.7. The fourth-order valence-electron chi connectivity index (χ4n) is 3.87. The molecule has 3 aromatic rings. The summed E-state index contributed by atoms with van der Waals surface area (Å²) in [5.74, 6) is 0. The van der Waals surface area contributed by atoms with Crippen LogP contribution in [0.3, 0.4) is 0 Å². The molecule has 2 atom stereocenters. The minimum atomic E-state index is -3.78. The van der Waals surface area contributed by atoms with Crippen molar-refractivity contribution in [2.45, 2.75) is 56.0 Å². The van der Waals surface area contributed by atoms with Gasteiger partial charge in [-0.3, -0.25) is 0 Å². The van der Waals surface area contributed by atoms with Crippen LogP contribution >= 0.6 is 11.9 Å². The van der Waals surface area contributed by atoms with Crippen molar-refractivity contribution >= 4 is 39.2 Å². The SMILES string of the molecule is CNC(SN1CCC(NC(=O)OC(C)(C)C)C1)c1cnc2c(ccn2S(=O)(=O)c2ccc(C)cc2)n1. The average molecular weight is 533 g/mol. The van der Waals surface area contributed by atoms with E-state index in [4.69, 9.17) is 9.72 Å². The van der Waals surface area contributed by atoms with Crippen LogP contribution in [0, 0.1) is 6.92 Å². The number of alkyl carbamates (subject to hydrolysis) is 1. The Labute approximate surface area is 216 Å². The number of fused-ring (bicyclic) bond motifs is 1. The molecule has 2 N–H and O–H groups in total. The van der Waals surface area contributed by atoms with Gasteiger partial charge < -0.3 is 15.4 Å². The first kappa shape index (κ1) is 26.4. The predicted octanol–water partition coefficient (Wildman–Crippen LogP) is 3.44. The van der Waals surface area contributed by atoms with Crippen LogP contribution < -0.4 is 10.6 Å². The van der Waals surface area contributed by atoms with Gasteiger partial charge in [0.05, 0.1) is 16.8 Å². The van der Waals surface area contributed by atoms with E-state index in [1.54, 1.807) is 48.5 Å². The van der Waals surface area contributed by atoms with Gasteiger partial charge in [-0.05, 0) is 59.4 Å². The molecule has 1 aliphatic rings. The Kier molecular flexibility index (Phi) is 7.60. The van der Waals surface area contributed by atoms with Gasteiger partial charge in [-0.2, -0.15) is 0 Å².